The lowest BCUT2D eigenvalue weighted by molar-refractivity contribution is 1.19. The van der Waals surface area contributed by atoms with E-state index < -0.39 is 0 Å². The van der Waals surface area contributed by atoms with E-state index in [9.17, 15) is 0 Å². The normalized spacial score (nSPS) is 20.6. The molecule has 0 saturated carbocycles. The largest absolute Gasteiger partial charge is 0.0846 e. The molecule has 0 fully saturated rings. The van der Waals surface area contributed by atoms with Crippen LogP contribution in [0.1, 0.15) is 34.7 Å². The van der Waals surface area contributed by atoms with Gasteiger partial charge >= 0.3 is 0 Å². The van der Waals surface area contributed by atoms with Gasteiger partial charge in [-0.2, -0.15) is 0 Å². The van der Waals surface area contributed by atoms with Crippen LogP contribution in [0.25, 0.3) is 5.57 Å². The van der Waals surface area contributed by atoms with E-state index in [1.54, 1.807) is 21.9 Å². The minimum absolute atomic E-state index is 0.816. The summed E-state index contributed by atoms with van der Waals surface area (Å²) in [6, 6.07) is 4.64. The van der Waals surface area contributed by atoms with Gasteiger partial charge in [0.15, 0.2) is 0 Å². The molecule has 0 heterocycles. The van der Waals surface area contributed by atoms with Crippen LogP contribution in [-0.2, 0) is 0 Å². The first-order valence-electron chi connectivity index (χ1n) is 5.32. The second-order valence-electron chi connectivity index (χ2n) is 4.50. The number of aryl methyl sites for hydroxylation is 1. The predicted octanol–water partition coefficient (Wildman–Crippen LogP) is 0.820. The average Bonchev–Trinajstić information content (AvgIpc) is 2.38. The molecule has 1 aliphatic carbocycles. The van der Waals surface area contributed by atoms with Crippen LogP contribution in [0.5, 0.6) is 0 Å². The number of rotatable bonds is 0. The van der Waals surface area contributed by atoms with Crippen molar-refractivity contribution in [1.29, 1.82) is 0 Å². The monoisotopic (exact) mass is 218 g/mol. The summed E-state index contributed by atoms with van der Waals surface area (Å²) in [6.45, 7) is 6.80. The molecule has 1 unspecified atom stereocenters. The number of fused-ring (bicyclic) bond motifs is 1. The maximum atomic E-state index is 2.35. The van der Waals surface area contributed by atoms with Crippen molar-refractivity contribution >= 4 is 26.1 Å². The number of benzene rings is 1. The Balaban J connectivity index is 2.75. The first-order chi connectivity index (χ1) is 6.54. The minimum atomic E-state index is 0.816. The van der Waals surface area contributed by atoms with E-state index in [-0.39, 0.29) is 0 Å². The summed E-state index contributed by atoms with van der Waals surface area (Å²) < 4.78 is 0. The lowest BCUT2D eigenvalue weighted by Crippen LogP contribution is -1.98. The fourth-order valence-electron chi connectivity index (χ4n) is 2.45. The first kappa shape index (κ1) is 9.93. The lowest BCUT2D eigenvalue weighted by atomic mass is 9.97. The van der Waals surface area contributed by atoms with Crippen LogP contribution in [0, 0.1) is 13.8 Å². The molecular weight excluding hydrogens is 200 g/mol. The molecule has 0 aliphatic heterocycles. The van der Waals surface area contributed by atoms with Gasteiger partial charge in [-0.3, -0.25) is 0 Å². The molecule has 0 nitrogen and oxygen atoms in total. The molecule has 14 heavy (non-hydrogen) atoms. The Morgan fingerprint density at radius 3 is 2.43 bits per heavy atom. The Bertz CT molecular complexity index is 430. The molecular formula is C12H18Si2. The second kappa shape index (κ2) is 3.21. The molecule has 0 aromatic heterocycles. The standard InChI is InChI=1S/C12H18Si2/c1-6-4-5-9-10(7(6)2)8(3)11(13)12(9)14/h4-5,12H,1-3,13-14H3. The summed E-state index contributed by atoms with van der Waals surface area (Å²) in [6.07, 6.45) is 0. The van der Waals surface area contributed by atoms with E-state index in [1.807, 2.05) is 0 Å². The van der Waals surface area contributed by atoms with Gasteiger partial charge in [0.25, 0.3) is 0 Å². The summed E-state index contributed by atoms with van der Waals surface area (Å²) in [7, 11) is 2.51. The van der Waals surface area contributed by atoms with Crippen LogP contribution in [0.15, 0.2) is 17.3 Å². The highest BCUT2D eigenvalue weighted by Crippen LogP contribution is 2.40. The summed E-state index contributed by atoms with van der Waals surface area (Å²) in [5.74, 6) is 0. The quantitative estimate of drug-likeness (QED) is 0.566. The predicted molar refractivity (Wildman–Crippen MR) is 71.1 cm³/mol. The van der Waals surface area contributed by atoms with Crippen molar-refractivity contribution in [2.24, 2.45) is 0 Å². The third-order valence-electron chi connectivity index (χ3n) is 3.85. The second-order valence-corrected chi connectivity index (χ2v) is 6.73. The van der Waals surface area contributed by atoms with Crippen LogP contribution >= 0.6 is 0 Å². The molecule has 0 amide bonds. The zero-order valence-electron chi connectivity index (χ0n) is 9.73. The van der Waals surface area contributed by atoms with Crippen molar-refractivity contribution in [3.63, 3.8) is 0 Å². The van der Waals surface area contributed by atoms with E-state index in [0.717, 1.165) is 5.54 Å². The van der Waals surface area contributed by atoms with Gasteiger partial charge in [0.05, 0.1) is 0 Å². The van der Waals surface area contributed by atoms with Crippen LogP contribution in [0.2, 0.25) is 0 Å². The van der Waals surface area contributed by atoms with Crippen molar-refractivity contribution in [1.82, 2.24) is 0 Å². The van der Waals surface area contributed by atoms with E-state index in [4.69, 9.17) is 0 Å². The molecule has 1 aromatic carbocycles. The molecule has 1 aromatic rings. The third kappa shape index (κ3) is 1.17. The van der Waals surface area contributed by atoms with Gasteiger partial charge in [-0.05, 0) is 54.1 Å². The molecule has 1 atom stereocenters. The zero-order valence-corrected chi connectivity index (χ0v) is 13.7. The van der Waals surface area contributed by atoms with E-state index in [0.29, 0.717) is 0 Å². The fraction of sp³-hybridized carbons (Fsp3) is 0.333. The molecule has 0 N–H and O–H groups in total. The highest BCUT2D eigenvalue weighted by molar-refractivity contribution is 6.34. The Kier molecular flexibility index (Phi) is 2.28. The molecule has 2 heteroatoms. The Labute approximate surface area is 92.3 Å². The van der Waals surface area contributed by atoms with Crippen LogP contribution in [-0.4, -0.2) is 20.5 Å². The zero-order chi connectivity index (χ0) is 10.5. The number of hydrogen-bond donors (Lipinski definition) is 0. The third-order valence-corrected chi connectivity index (χ3v) is 8.11. The molecule has 0 saturated heterocycles. The molecule has 1 aliphatic rings. The summed E-state index contributed by atoms with van der Waals surface area (Å²) >= 11 is 0. The van der Waals surface area contributed by atoms with Crippen molar-refractivity contribution in [2.75, 3.05) is 0 Å². The highest BCUT2D eigenvalue weighted by atomic mass is 28.2. The van der Waals surface area contributed by atoms with Gasteiger partial charge in [-0.25, -0.2) is 0 Å². The summed E-state index contributed by atoms with van der Waals surface area (Å²) in [5, 5.41) is 1.74. The van der Waals surface area contributed by atoms with Crippen LogP contribution in [0.4, 0.5) is 0 Å². The van der Waals surface area contributed by atoms with Crippen molar-refractivity contribution in [3.05, 3.63) is 39.6 Å². The SMILES string of the molecule is CC1=C([SiH3])C([SiH3])c2ccc(C)c(C)c21. The molecule has 0 spiro atoms. The molecule has 0 bridgehead atoms. The number of hydrogen-bond acceptors (Lipinski definition) is 0. The van der Waals surface area contributed by atoms with Gasteiger partial charge in [-0.1, -0.05) is 17.3 Å². The fourth-order valence-corrected chi connectivity index (χ4v) is 3.93. The summed E-state index contributed by atoms with van der Waals surface area (Å²) in [5.41, 5.74) is 8.54. The summed E-state index contributed by atoms with van der Waals surface area (Å²) in [4.78, 5) is 0. The van der Waals surface area contributed by atoms with Gasteiger partial charge in [0, 0.05) is 20.5 Å². The smallest absolute Gasteiger partial charge is 0.0340 e. The Morgan fingerprint density at radius 1 is 1.14 bits per heavy atom. The van der Waals surface area contributed by atoms with Crippen molar-refractivity contribution in [2.45, 2.75) is 26.3 Å². The minimum Gasteiger partial charge on any atom is -0.0846 e. The van der Waals surface area contributed by atoms with E-state index >= 15 is 0 Å². The molecule has 2 rings (SSSR count). The first-order valence-corrected chi connectivity index (χ1v) is 7.47. The van der Waals surface area contributed by atoms with Gasteiger partial charge in [0.2, 0.25) is 0 Å². The number of allylic oxidation sites excluding steroid dienone is 2. The van der Waals surface area contributed by atoms with Gasteiger partial charge in [0.1, 0.15) is 0 Å². The maximum Gasteiger partial charge on any atom is 0.0340 e. The van der Waals surface area contributed by atoms with Gasteiger partial charge in [-0.15, -0.1) is 0 Å². The highest BCUT2D eigenvalue weighted by Gasteiger charge is 2.24. The van der Waals surface area contributed by atoms with Crippen molar-refractivity contribution < 1.29 is 0 Å². The topological polar surface area (TPSA) is 0 Å². The molecule has 74 valence electrons. The lowest BCUT2D eigenvalue weighted by Gasteiger charge is -2.11. The van der Waals surface area contributed by atoms with Crippen LogP contribution < -0.4 is 0 Å². The maximum absolute atomic E-state index is 2.35. The molecule has 0 radical (unpaired) electrons. The average molecular weight is 218 g/mol. The van der Waals surface area contributed by atoms with Gasteiger partial charge < -0.3 is 0 Å². The van der Waals surface area contributed by atoms with E-state index in [2.05, 4.69) is 32.9 Å². The van der Waals surface area contributed by atoms with Crippen LogP contribution in [0.3, 0.4) is 0 Å². The Morgan fingerprint density at radius 2 is 1.79 bits per heavy atom. The van der Waals surface area contributed by atoms with Crippen molar-refractivity contribution in [3.8, 4) is 0 Å². The van der Waals surface area contributed by atoms with E-state index in [1.165, 1.54) is 31.6 Å². The Hall–Kier alpha value is -0.606.